The molecule has 170 valence electrons. The molecule has 0 aliphatic carbocycles. The van der Waals surface area contributed by atoms with E-state index in [-0.39, 0.29) is 21.4 Å². The molecule has 0 atom stereocenters. The van der Waals surface area contributed by atoms with Crippen molar-refractivity contribution in [2.45, 2.75) is 9.79 Å². The molecule has 33 heavy (non-hydrogen) atoms. The van der Waals surface area contributed by atoms with Crippen molar-refractivity contribution < 1.29 is 18.1 Å². The van der Waals surface area contributed by atoms with Crippen molar-refractivity contribution in [1.82, 2.24) is 4.90 Å². The van der Waals surface area contributed by atoms with E-state index < -0.39 is 25.3 Å². The maximum absolute atomic E-state index is 13.0. The number of para-hydroxylation sites is 1. The largest absolute Gasteiger partial charge is 0.368 e. The van der Waals surface area contributed by atoms with E-state index in [0.29, 0.717) is 26.2 Å². The van der Waals surface area contributed by atoms with Crippen LogP contribution in [0.15, 0.2) is 82.6 Å². The minimum atomic E-state index is -4.20. The molecule has 0 saturated carbocycles. The van der Waals surface area contributed by atoms with Crippen LogP contribution in [0.2, 0.25) is 5.02 Å². The van der Waals surface area contributed by atoms with Gasteiger partial charge >= 0.3 is 0 Å². The molecule has 0 N–H and O–H groups in total. The van der Waals surface area contributed by atoms with E-state index in [1.54, 1.807) is 4.90 Å². The van der Waals surface area contributed by atoms with E-state index in [1.807, 2.05) is 30.3 Å². The molecule has 1 amide bonds. The maximum atomic E-state index is 13.0. The molecule has 4 rings (SSSR count). The number of carbonyl (C=O) groups is 1. The summed E-state index contributed by atoms with van der Waals surface area (Å²) in [5, 5.41) is 11.9. The molecule has 1 fully saturated rings. The number of carbonyl (C=O) groups excluding carboxylic acids is 1. The summed E-state index contributed by atoms with van der Waals surface area (Å²) < 4.78 is 26.0. The van der Waals surface area contributed by atoms with Crippen molar-refractivity contribution in [3.8, 4) is 0 Å². The highest BCUT2D eigenvalue weighted by atomic mass is 35.5. The highest BCUT2D eigenvalue weighted by Gasteiger charge is 2.30. The van der Waals surface area contributed by atoms with Crippen molar-refractivity contribution in [3.63, 3.8) is 0 Å². The molecule has 10 heteroatoms. The molecule has 0 radical (unpaired) electrons. The Balaban J connectivity index is 1.58. The number of hydrogen-bond donors (Lipinski definition) is 0. The predicted octanol–water partition coefficient (Wildman–Crippen LogP) is 4.04. The van der Waals surface area contributed by atoms with E-state index in [2.05, 4.69) is 4.90 Å². The summed E-state index contributed by atoms with van der Waals surface area (Å²) in [6, 6.07) is 18.8. The molecular weight excluding hydrogens is 466 g/mol. The SMILES string of the molecule is O=C(c1ccc(S(=O)(=O)c2cccc(Cl)c2)c([N+](=O)[O-])c1)N1CCN(c2ccccc2)CC1. The van der Waals surface area contributed by atoms with Crippen LogP contribution in [-0.4, -0.2) is 50.3 Å². The van der Waals surface area contributed by atoms with Gasteiger partial charge in [-0.2, -0.15) is 0 Å². The molecule has 0 unspecified atom stereocenters. The zero-order valence-corrected chi connectivity index (χ0v) is 19.0. The van der Waals surface area contributed by atoms with Gasteiger partial charge in [-0.05, 0) is 42.5 Å². The van der Waals surface area contributed by atoms with E-state index in [0.717, 1.165) is 17.8 Å². The van der Waals surface area contributed by atoms with Crippen LogP contribution in [0.1, 0.15) is 10.4 Å². The molecule has 8 nitrogen and oxygen atoms in total. The van der Waals surface area contributed by atoms with Gasteiger partial charge in [0, 0.05) is 48.5 Å². The Morgan fingerprint density at radius 1 is 0.909 bits per heavy atom. The standard InChI is InChI=1S/C23H20ClN3O5S/c24-18-5-4-8-20(16-18)33(31,32)22-10-9-17(15-21(22)27(29)30)23(28)26-13-11-25(12-14-26)19-6-2-1-3-7-19/h1-10,15-16H,11-14H2. The second-order valence-corrected chi connectivity index (χ2v) is 9.87. The number of rotatable bonds is 5. The summed E-state index contributed by atoms with van der Waals surface area (Å²) in [6.07, 6.45) is 0. The monoisotopic (exact) mass is 485 g/mol. The second-order valence-electron chi connectivity index (χ2n) is 7.52. The minimum absolute atomic E-state index is 0.0694. The average molecular weight is 486 g/mol. The number of nitrogens with zero attached hydrogens (tertiary/aromatic N) is 3. The first kappa shape index (κ1) is 22.8. The number of nitro groups is 1. The summed E-state index contributed by atoms with van der Waals surface area (Å²) in [4.78, 5) is 27.1. The lowest BCUT2D eigenvalue weighted by Gasteiger charge is -2.36. The second kappa shape index (κ2) is 9.21. The van der Waals surface area contributed by atoms with Gasteiger partial charge in [-0.15, -0.1) is 0 Å². The highest BCUT2D eigenvalue weighted by molar-refractivity contribution is 7.91. The fraction of sp³-hybridized carbons (Fsp3) is 0.174. The topological polar surface area (TPSA) is 101 Å². The lowest BCUT2D eigenvalue weighted by molar-refractivity contribution is -0.387. The number of sulfone groups is 1. The molecule has 1 aliphatic rings. The molecule has 1 heterocycles. The maximum Gasteiger partial charge on any atom is 0.289 e. The number of halogens is 1. The van der Waals surface area contributed by atoms with Crippen LogP contribution in [-0.2, 0) is 9.84 Å². The van der Waals surface area contributed by atoms with Gasteiger partial charge in [-0.25, -0.2) is 8.42 Å². The Morgan fingerprint density at radius 2 is 1.61 bits per heavy atom. The van der Waals surface area contributed by atoms with Crippen LogP contribution in [0.4, 0.5) is 11.4 Å². The van der Waals surface area contributed by atoms with Crippen molar-refractivity contribution in [2.24, 2.45) is 0 Å². The van der Waals surface area contributed by atoms with Gasteiger partial charge in [0.2, 0.25) is 9.84 Å². The number of amides is 1. The Bertz CT molecular complexity index is 1310. The lowest BCUT2D eigenvalue weighted by Crippen LogP contribution is -2.48. The fourth-order valence-electron chi connectivity index (χ4n) is 3.77. The normalized spacial score (nSPS) is 14.2. The molecule has 3 aromatic rings. The van der Waals surface area contributed by atoms with Crippen LogP contribution >= 0.6 is 11.6 Å². The van der Waals surface area contributed by atoms with Gasteiger partial charge in [0.1, 0.15) is 4.90 Å². The Hall–Kier alpha value is -3.43. The molecule has 0 aromatic heterocycles. The van der Waals surface area contributed by atoms with Crippen LogP contribution in [0.5, 0.6) is 0 Å². The van der Waals surface area contributed by atoms with E-state index in [9.17, 15) is 23.3 Å². The molecular formula is C23H20ClN3O5S. The smallest absolute Gasteiger partial charge is 0.289 e. The Morgan fingerprint density at radius 3 is 2.24 bits per heavy atom. The Kier molecular flexibility index (Phi) is 6.35. The summed E-state index contributed by atoms with van der Waals surface area (Å²) in [7, 11) is -4.20. The quantitative estimate of drug-likeness (QED) is 0.399. The number of hydrogen-bond acceptors (Lipinski definition) is 6. The van der Waals surface area contributed by atoms with Crippen LogP contribution in [0.3, 0.4) is 0 Å². The van der Waals surface area contributed by atoms with Gasteiger partial charge in [0.05, 0.1) is 9.82 Å². The van der Waals surface area contributed by atoms with Crippen molar-refractivity contribution >= 4 is 38.7 Å². The van der Waals surface area contributed by atoms with Gasteiger partial charge in [-0.3, -0.25) is 14.9 Å². The lowest BCUT2D eigenvalue weighted by atomic mass is 10.1. The number of nitro benzene ring substituents is 1. The fourth-order valence-corrected chi connectivity index (χ4v) is 5.48. The summed E-state index contributed by atoms with van der Waals surface area (Å²) in [6.45, 7) is 2.15. The molecule has 0 bridgehead atoms. The van der Waals surface area contributed by atoms with Gasteiger partial charge in [0.15, 0.2) is 0 Å². The first-order chi connectivity index (χ1) is 15.8. The van der Waals surface area contributed by atoms with E-state index >= 15 is 0 Å². The number of benzene rings is 3. The Labute approximate surface area is 196 Å². The van der Waals surface area contributed by atoms with Gasteiger partial charge < -0.3 is 9.80 Å². The van der Waals surface area contributed by atoms with Crippen LogP contribution < -0.4 is 4.90 Å². The van der Waals surface area contributed by atoms with Crippen molar-refractivity contribution in [1.29, 1.82) is 0 Å². The highest BCUT2D eigenvalue weighted by Crippen LogP contribution is 2.31. The molecule has 1 saturated heterocycles. The average Bonchev–Trinajstić information content (AvgIpc) is 2.84. The third kappa shape index (κ3) is 4.69. The minimum Gasteiger partial charge on any atom is -0.368 e. The zero-order valence-electron chi connectivity index (χ0n) is 17.4. The van der Waals surface area contributed by atoms with Crippen LogP contribution in [0.25, 0.3) is 0 Å². The molecule has 3 aromatic carbocycles. The summed E-state index contributed by atoms with van der Waals surface area (Å²) >= 11 is 5.89. The first-order valence-electron chi connectivity index (χ1n) is 10.2. The number of piperazine rings is 1. The zero-order chi connectivity index (χ0) is 23.6. The summed E-state index contributed by atoms with van der Waals surface area (Å²) in [5.41, 5.74) is 0.486. The van der Waals surface area contributed by atoms with E-state index in [1.165, 1.54) is 30.3 Å². The molecule has 0 spiro atoms. The number of anilines is 1. The molecule has 1 aliphatic heterocycles. The van der Waals surface area contributed by atoms with E-state index in [4.69, 9.17) is 11.6 Å². The van der Waals surface area contributed by atoms with Gasteiger partial charge in [-0.1, -0.05) is 35.9 Å². The first-order valence-corrected chi connectivity index (χ1v) is 12.0. The van der Waals surface area contributed by atoms with Gasteiger partial charge in [0.25, 0.3) is 11.6 Å². The third-order valence-corrected chi connectivity index (χ3v) is 7.52. The predicted molar refractivity (Wildman–Crippen MR) is 125 cm³/mol. The van der Waals surface area contributed by atoms with Crippen LogP contribution in [0, 0.1) is 10.1 Å². The summed E-state index contributed by atoms with van der Waals surface area (Å²) in [5.74, 6) is -0.377. The van der Waals surface area contributed by atoms with Crippen molar-refractivity contribution in [2.75, 3.05) is 31.1 Å². The van der Waals surface area contributed by atoms with Crippen molar-refractivity contribution in [3.05, 3.63) is 93.5 Å². The third-order valence-electron chi connectivity index (χ3n) is 5.49.